The zero-order chi connectivity index (χ0) is 22.4. The molecule has 2 aromatic rings. The Kier molecular flexibility index (Phi) is 7.03. The number of ether oxygens (including phenoxy) is 1. The van der Waals surface area contributed by atoms with Gasteiger partial charge in [-0.25, -0.2) is 12.7 Å². The lowest BCUT2D eigenvalue weighted by molar-refractivity contribution is -0.116. The van der Waals surface area contributed by atoms with Crippen molar-refractivity contribution >= 4 is 33.4 Å². The second-order valence-corrected chi connectivity index (χ2v) is 8.66. The minimum absolute atomic E-state index is 0.0159. The first-order chi connectivity index (χ1) is 14.9. The Hall–Kier alpha value is -3.24. The van der Waals surface area contributed by atoms with Gasteiger partial charge in [0.25, 0.3) is 21.8 Å². The zero-order valence-corrected chi connectivity index (χ0v) is 17.8. The highest BCUT2D eigenvalue weighted by atomic mass is 32.2. The van der Waals surface area contributed by atoms with Crippen molar-refractivity contribution in [2.24, 2.45) is 0 Å². The van der Waals surface area contributed by atoms with Gasteiger partial charge >= 0.3 is 0 Å². The van der Waals surface area contributed by atoms with Crippen LogP contribution in [0.1, 0.15) is 33.6 Å². The van der Waals surface area contributed by atoms with E-state index in [0.29, 0.717) is 24.4 Å². The van der Waals surface area contributed by atoms with Crippen LogP contribution in [0.2, 0.25) is 0 Å². The fourth-order valence-corrected chi connectivity index (χ4v) is 4.81. The molecule has 2 aromatic carbocycles. The lowest BCUT2D eigenvalue weighted by Crippen LogP contribution is -2.31. The van der Waals surface area contributed by atoms with E-state index in [1.54, 1.807) is 36.4 Å². The first-order valence-electron chi connectivity index (χ1n) is 9.68. The Morgan fingerprint density at radius 1 is 1.06 bits per heavy atom. The molecule has 0 radical (unpaired) electrons. The van der Waals surface area contributed by atoms with E-state index in [1.165, 1.54) is 19.2 Å². The van der Waals surface area contributed by atoms with Crippen molar-refractivity contribution in [2.45, 2.75) is 17.7 Å². The predicted octanol–water partition coefficient (Wildman–Crippen LogP) is 1.63. The largest absolute Gasteiger partial charge is 0.383 e. The number of para-hydroxylation sites is 1. The van der Waals surface area contributed by atoms with Gasteiger partial charge in [0.1, 0.15) is 4.90 Å². The number of nitrogens with zero attached hydrogens (tertiary/aromatic N) is 1. The summed E-state index contributed by atoms with van der Waals surface area (Å²) in [6.07, 6.45) is 0.127. The monoisotopic (exact) mass is 445 g/mol. The van der Waals surface area contributed by atoms with Gasteiger partial charge in [-0.15, -0.1) is 0 Å². The molecule has 9 nitrogen and oxygen atoms in total. The molecular weight excluding hydrogens is 422 g/mol. The first-order valence-corrected chi connectivity index (χ1v) is 11.1. The van der Waals surface area contributed by atoms with Crippen molar-refractivity contribution < 1.29 is 27.5 Å². The van der Waals surface area contributed by atoms with Gasteiger partial charge in [-0.1, -0.05) is 24.3 Å². The number of sulfonamides is 1. The van der Waals surface area contributed by atoms with Crippen LogP contribution in [0.3, 0.4) is 0 Å². The minimum Gasteiger partial charge on any atom is -0.383 e. The first kappa shape index (κ1) is 22.4. The molecule has 0 aromatic heterocycles. The highest BCUT2D eigenvalue weighted by Crippen LogP contribution is 2.30. The van der Waals surface area contributed by atoms with Crippen LogP contribution in [0, 0.1) is 0 Å². The molecule has 0 saturated carbocycles. The summed E-state index contributed by atoms with van der Waals surface area (Å²) in [6.45, 7) is 0.586. The average molecular weight is 445 g/mol. The number of methoxy groups -OCH3 is 1. The molecule has 10 heteroatoms. The van der Waals surface area contributed by atoms with E-state index >= 15 is 0 Å². The van der Waals surface area contributed by atoms with E-state index in [2.05, 4.69) is 10.6 Å². The number of hydrogen-bond donors (Lipinski definition) is 2. The summed E-state index contributed by atoms with van der Waals surface area (Å²) in [5.74, 6) is -1.33. The Bertz CT molecular complexity index is 1100. The van der Waals surface area contributed by atoms with Crippen molar-refractivity contribution in [1.29, 1.82) is 0 Å². The van der Waals surface area contributed by atoms with Crippen molar-refractivity contribution in [2.75, 3.05) is 32.1 Å². The van der Waals surface area contributed by atoms with Gasteiger partial charge in [-0.05, 0) is 30.7 Å². The number of amides is 3. The van der Waals surface area contributed by atoms with Crippen LogP contribution in [-0.2, 0) is 19.6 Å². The maximum atomic E-state index is 12.5. The number of fused-ring (bicyclic) bond motifs is 1. The van der Waals surface area contributed by atoms with E-state index in [9.17, 15) is 22.8 Å². The number of benzene rings is 2. The normalized spacial score (nSPS) is 14.2. The smallest absolute Gasteiger partial charge is 0.269 e. The lowest BCUT2D eigenvalue weighted by atomic mass is 10.1. The molecule has 0 atom stereocenters. The summed E-state index contributed by atoms with van der Waals surface area (Å²) < 4.78 is 30.8. The molecule has 164 valence electrons. The molecule has 31 heavy (non-hydrogen) atoms. The van der Waals surface area contributed by atoms with Crippen molar-refractivity contribution in [3.8, 4) is 0 Å². The standard InChI is InChI=1S/C21H23N3O6S/c1-30-14-12-22-20(26)15-7-2-4-9-17(15)23-19(25)11-6-13-24-21(27)16-8-3-5-10-18(16)31(24,28)29/h2-5,7-10H,6,11-14H2,1H3,(H,22,26)(H,23,25). The van der Waals surface area contributed by atoms with Crippen LogP contribution < -0.4 is 10.6 Å². The Morgan fingerprint density at radius 2 is 1.77 bits per heavy atom. The third kappa shape index (κ3) is 4.92. The van der Waals surface area contributed by atoms with Crippen molar-refractivity contribution in [1.82, 2.24) is 9.62 Å². The van der Waals surface area contributed by atoms with Crippen molar-refractivity contribution in [3.63, 3.8) is 0 Å². The highest BCUT2D eigenvalue weighted by molar-refractivity contribution is 7.90. The summed E-state index contributed by atoms with van der Waals surface area (Å²) in [5, 5.41) is 5.36. The molecule has 2 N–H and O–H groups in total. The highest BCUT2D eigenvalue weighted by Gasteiger charge is 2.40. The topological polar surface area (TPSA) is 122 Å². The molecule has 1 aliphatic rings. The van der Waals surface area contributed by atoms with Crippen LogP contribution in [-0.4, -0.2) is 57.3 Å². The van der Waals surface area contributed by atoms with Gasteiger partial charge in [0, 0.05) is 26.6 Å². The molecule has 3 rings (SSSR count). The van der Waals surface area contributed by atoms with Crippen LogP contribution >= 0.6 is 0 Å². The SMILES string of the molecule is COCCNC(=O)c1ccccc1NC(=O)CCCN1C(=O)c2ccccc2S1(=O)=O. The molecule has 1 heterocycles. The van der Waals surface area contributed by atoms with E-state index < -0.39 is 21.8 Å². The number of nitrogens with one attached hydrogen (secondary N) is 2. The Labute approximate surface area is 180 Å². The number of hydrogen-bond acceptors (Lipinski definition) is 6. The van der Waals surface area contributed by atoms with Gasteiger partial charge in [0.05, 0.1) is 23.4 Å². The maximum absolute atomic E-state index is 12.5. The summed E-state index contributed by atoms with van der Waals surface area (Å²) in [6, 6.07) is 12.6. The van der Waals surface area contributed by atoms with E-state index in [-0.39, 0.29) is 35.8 Å². The summed E-state index contributed by atoms with van der Waals surface area (Å²) in [5.41, 5.74) is 0.791. The van der Waals surface area contributed by atoms with E-state index in [1.807, 2.05) is 0 Å². The summed E-state index contributed by atoms with van der Waals surface area (Å²) >= 11 is 0. The summed E-state index contributed by atoms with van der Waals surface area (Å²) in [4.78, 5) is 37.0. The zero-order valence-electron chi connectivity index (χ0n) is 17.0. The second kappa shape index (κ2) is 9.71. The van der Waals surface area contributed by atoms with E-state index in [4.69, 9.17) is 4.74 Å². The van der Waals surface area contributed by atoms with Crippen molar-refractivity contribution in [3.05, 3.63) is 59.7 Å². The van der Waals surface area contributed by atoms with Gasteiger partial charge in [-0.2, -0.15) is 0 Å². The molecule has 0 saturated heterocycles. The van der Waals surface area contributed by atoms with Gasteiger partial charge < -0.3 is 15.4 Å². The molecule has 0 bridgehead atoms. The maximum Gasteiger partial charge on any atom is 0.269 e. The van der Waals surface area contributed by atoms with Crippen LogP contribution in [0.4, 0.5) is 5.69 Å². The van der Waals surface area contributed by atoms with Crippen LogP contribution in [0.25, 0.3) is 0 Å². The quantitative estimate of drug-likeness (QED) is 0.566. The van der Waals surface area contributed by atoms with Crippen LogP contribution in [0.15, 0.2) is 53.4 Å². The molecule has 1 aliphatic heterocycles. The van der Waals surface area contributed by atoms with Crippen LogP contribution in [0.5, 0.6) is 0 Å². The fourth-order valence-electron chi connectivity index (χ4n) is 3.20. The predicted molar refractivity (Wildman–Crippen MR) is 113 cm³/mol. The van der Waals surface area contributed by atoms with Gasteiger partial charge in [-0.3, -0.25) is 14.4 Å². The van der Waals surface area contributed by atoms with Gasteiger partial charge in [0.15, 0.2) is 0 Å². The van der Waals surface area contributed by atoms with E-state index in [0.717, 1.165) is 4.31 Å². The number of anilines is 1. The average Bonchev–Trinajstić information content (AvgIpc) is 2.95. The third-order valence-electron chi connectivity index (χ3n) is 4.71. The second-order valence-electron chi connectivity index (χ2n) is 6.82. The minimum atomic E-state index is -3.89. The fraction of sp³-hybridized carbons (Fsp3) is 0.286. The van der Waals surface area contributed by atoms with Gasteiger partial charge in [0.2, 0.25) is 5.91 Å². The molecule has 3 amide bonds. The Morgan fingerprint density at radius 3 is 2.52 bits per heavy atom. The Balaban J connectivity index is 1.57. The molecule has 0 spiro atoms. The molecular formula is C21H23N3O6S. The molecule has 0 unspecified atom stereocenters. The molecule has 0 fully saturated rings. The molecule has 0 aliphatic carbocycles. The number of carbonyl (C=O) groups excluding carboxylic acids is 3. The third-order valence-corrected chi connectivity index (χ3v) is 6.56. The summed E-state index contributed by atoms with van der Waals surface area (Å²) in [7, 11) is -2.36. The number of rotatable bonds is 9. The lowest BCUT2D eigenvalue weighted by Gasteiger charge is -2.15. The number of carbonyl (C=O) groups is 3.